The predicted octanol–water partition coefficient (Wildman–Crippen LogP) is 3.02. The van der Waals surface area contributed by atoms with Crippen LogP contribution in [0.4, 0.5) is 0 Å². The molecule has 0 radical (unpaired) electrons. The predicted molar refractivity (Wildman–Crippen MR) is 69.7 cm³/mol. The summed E-state index contributed by atoms with van der Waals surface area (Å²) in [6.07, 6.45) is 4.19. The molecule has 1 N–H and O–H groups in total. The molecule has 0 aliphatic rings. The van der Waals surface area contributed by atoms with Gasteiger partial charge in [0.25, 0.3) is 0 Å². The lowest BCUT2D eigenvalue weighted by Crippen LogP contribution is -2.11. The molecule has 0 fully saturated rings. The van der Waals surface area contributed by atoms with Crippen molar-refractivity contribution in [3.8, 4) is 5.75 Å². The van der Waals surface area contributed by atoms with Gasteiger partial charge in [0, 0.05) is 12.4 Å². The second-order valence-corrected chi connectivity index (χ2v) is 4.24. The molecule has 1 aromatic heterocycles. The van der Waals surface area contributed by atoms with E-state index < -0.39 is 0 Å². The van der Waals surface area contributed by atoms with Crippen molar-refractivity contribution < 1.29 is 4.74 Å². The third-order valence-corrected chi connectivity index (χ3v) is 2.37. The SMILES string of the molecule is CC(C)Oc1ccc(CNn2cccc2)cc1. The molecular weight excluding hydrogens is 212 g/mol. The van der Waals surface area contributed by atoms with Crippen LogP contribution in [-0.4, -0.2) is 10.8 Å². The molecule has 0 amide bonds. The Morgan fingerprint density at radius 2 is 1.76 bits per heavy atom. The van der Waals surface area contributed by atoms with Gasteiger partial charge in [0.1, 0.15) is 5.75 Å². The van der Waals surface area contributed by atoms with Gasteiger partial charge in [0.2, 0.25) is 0 Å². The topological polar surface area (TPSA) is 26.2 Å². The smallest absolute Gasteiger partial charge is 0.119 e. The van der Waals surface area contributed by atoms with E-state index in [0.29, 0.717) is 0 Å². The monoisotopic (exact) mass is 230 g/mol. The molecule has 90 valence electrons. The minimum Gasteiger partial charge on any atom is -0.491 e. The zero-order valence-electron chi connectivity index (χ0n) is 10.3. The van der Waals surface area contributed by atoms with Crippen molar-refractivity contribution >= 4 is 0 Å². The fourth-order valence-corrected chi connectivity index (χ4v) is 1.58. The van der Waals surface area contributed by atoms with Crippen LogP contribution in [0.25, 0.3) is 0 Å². The summed E-state index contributed by atoms with van der Waals surface area (Å²) >= 11 is 0. The Bertz CT molecular complexity index is 432. The van der Waals surface area contributed by atoms with Crippen LogP contribution < -0.4 is 10.2 Å². The maximum absolute atomic E-state index is 5.59. The fraction of sp³-hybridized carbons (Fsp3) is 0.286. The maximum Gasteiger partial charge on any atom is 0.119 e. The summed E-state index contributed by atoms with van der Waals surface area (Å²) in [5.74, 6) is 0.921. The minimum absolute atomic E-state index is 0.221. The average molecular weight is 230 g/mol. The lowest BCUT2D eigenvalue weighted by Gasteiger charge is -2.11. The minimum atomic E-state index is 0.221. The molecule has 0 aliphatic heterocycles. The second kappa shape index (κ2) is 5.43. The van der Waals surface area contributed by atoms with Gasteiger partial charge in [-0.25, -0.2) is 0 Å². The van der Waals surface area contributed by atoms with Crippen molar-refractivity contribution in [1.82, 2.24) is 4.68 Å². The number of benzene rings is 1. The van der Waals surface area contributed by atoms with Gasteiger partial charge in [-0.3, -0.25) is 4.68 Å². The number of rotatable bonds is 5. The fourth-order valence-electron chi connectivity index (χ4n) is 1.58. The van der Waals surface area contributed by atoms with Crippen LogP contribution in [0.2, 0.25) is 0 Å². The molecule has 0 unspecified atom stereocenters. The molecule has 0 spiro atoms. The molecule has 2 rings (SSSR count). The summed E-state index contributed by atoms with van der Waals surface area (Å²) < 4.78 is 7.54. The molecule has 3 nitrogen and oxygen atoms in total. The first kappa shape index (κ1) is 11.6. The lowest BCUT2D eigenvalue weighted by atomic mass is 10.2. The van der Waals surface area contributed by atoms with E-state index in [-0.39, 0.29) is 6.10 Å². The zero-order chi connectivity index (χ0) is 12.1. The van der Waals surface area contributed by atoms with Crippen LogP contribution in [0.3, 0.4) is 0 Å². The first-order chi connectivity index (χ1) is 8.24. The Morgan fingerprint density at radius 1 is 1.12 bits per heavy atom. The van der Waals surface area contributed by atoms with Crippen molar-refractivity contribution in [2.24, 2.45) is 0 Å². The highest BCUT2D eigenvalue weighted by atomic mass is 16.5. The highest BCUT2D eigenvalue weighted by Gasteiger charge is 1.98. The quantitative estimate of drug-likeness (QED) is 0.854. The van der Waals surface area contributed by atoms with E-state index in [9.17, 15) is 0 Å². The number of nitrogens with zero attached hydrogens (tertiary/aromatic N) is 1. The molecule has 3 heteroatoms. The molecule has 0 atom stereocenters. The molecule has 1 aromatic carbocycles. The summed E-state index contributed by atoms with van der Waals surface area (Å²) in [4.78, 5) is 0. The normalized spacial score (nSPS) is 10.5. The number of ether oxygens (including phenoxy) is 1. The molecule has 1 heterocycles. The van der Waals surface area contributed by atoms with Crippen LogP contribution in [0, 0.1) is 0 Å². The van der Waals surface area contributed by atoms with E-state index in [4.69, 9.17) is 4.74 Å². The lowest BCUT2D eigenvalue weighted by molar-refractivity contribution is 0.242. The zero-order valence-corrected chi connectivity index (χ0v) is 10.3. The van der Waals surface area contributed by atoms with Gasteiger partial charge >= 0.3 is 0 Å². The summed E-state index contributed by atoms with van der Waals surface area (Å²) in [5.41, 5.74) is 4.51. The average Bonchev–Trinajstić information content (AvgIpc) is 2.80. The largest absolute Gasteiger partial charge is 0.491 e. The van der Waals surface area contributed by atoms with Gasteiger partial charge in [-0.2, -0.15) is 0 Å². The third kappa shape index (κ3) is 3.55. The molecule has 0 saturated carbocycles. The Hall–Kier alpha value is -1.90. The Labute approximate surface area is 102 Å². The van der Waals surface area contributed by atoms with E-state index >= 15 is 0 Å². The number of hydrogen-bond donors (Lipinski definition) is 1. The highest BCUT2D eigenvalue weighted by molar-refractivity contribution is 5.27. The van der Waals surface area contributed by atoms with Crippen LogP contribution in [0.1, 0.15) is 19.4 Å². The first-order valence-electron chi connectivity index (χ1n) is 5.86. The first-order valence-corrected chi connectivity index (χ1v) is 5.86. The summed E-state index contributed by atoms with van der Waals surface area (Å²) in [7, 11) is 0. The molecule has 17 heavy (non-hydrogen) atoms. The van der Waals surface area contributed by atoms with E-state index in [0.717, 1.165) is 12.3 Å². The Morgan fingerprint density at radius 3 is 2.35 bits per heavy atom. The van der Waals surface area contributed by atoms with E-state index in [1.165, 1.54) is 5.56 Å². The van der Waals surface area contributed by atoms with Crippen molar-refractivity contribution in [2.75, 3.05) is 5.43 Å². The summed E-state index contributed by atoms with van der Waals surface area (Å²) in [5, 5.41) is 0. The number of aromatic nitrogens is 1. The van der Waals surface area contributed by atoms with Gasteiger partial charge in [0.05, 0.1) is 12.6 Å². The van der Waals surface area contributed by atoms with Gasteiger partial charge < -0.3 is 10.2 Å². The molecular formula is C14H18N2O. The van der Waals surface area contributed by atoms with E-state index in [2.05, 4.69) is 17.6 Å². The van der Waals surface area contributed by atoms with Gasteiger partial charge in [-0.1, -0.05) is 12.1 Å². The molecule has 0 saturated heterocycles. The van der Waals surface area contributed by atoms with E-state index in [1.54, 1.807) is 0 Å². The highest BCUT2D eigenvalue weighted by Crippen LogP contribution is 2.13. The second-order valence-electron chi connectivity index (χ2n) is 4.24. The molecule has 2 aromatic rings. The summed E-state index contributed by atoms with van der Waals surface area (Å²) in [6.45, 7) is 4.86. The molecule has 0 bridgehead atoms. The van der Waals surface area contributed by atoms with Gasteiger partial charge in [0.15, 0.2) is 0 Å². The van der Waals surface area contributed by atoms with Crippen molar-refractivity contribution in [3.05, 3.63) is 54.4 Å². The maximum atomic E-state index is 5.59. The van der Waals surface area contributed by atoms with E-state index in [1.807, 2.05) is 55.2 Å². The van der Waals surface area contributed by atoms with Crippen molar-refractivity contribution in [1.29, 1.82) is 0 Å². The number of nitrogens with one attached hydrogen (secondary N) is 1. The Kier molecular flexibility index (Phi) is 3.70. The van der Waals surface area contributed by atoms with Crippen LogP contribution >= 0.6 is 0 Å². The van der Waals surface area contributed by atoms with Crippen LogP contribution in [0.15, 0.2) is 48.8 Å². The van der Waals surface area contributed by atoms with Crippen molar-refractivity contribution in [2.45, 2.75) is 26.5 Å². The number of hydrogen-bond acceptors (Lipinski definition) is 2. The molecule has 0 aliphatic carbocycles. The van der Waals surface area contributed by atoms with Gasteiger partial charge in [-0.15, -0.1) is 0 Å². The standard InChI is InChI=1S/C14H18N2O/c1-12(2)17-14-7-5-13(6-8-14)11-15-16-9-3-4-10-16/h3-10,12,15H,11H2,1-2H3. The van der Waals surface area contributed by atoms with Crippen LogP contribution in [0.5, 0.6) is 5.75 Å². The van der Waals surface area contributed by atoms with Crippen molar-refractivity contribution in [3.63, 3.8) is 0 Å². The summed E-state index contributed by atoms with van der Waals surface area (Å²) in [6, 6.07) is 12.2. The Balaban J connectivity index is 1.89. The van der Waals surface area contributed by atoms with Gasteiger partial charge in [-0.05, 0) is 43.7 Å². The third-order valence-electron chi connectivity index (χ3n) is 2.37. The van der Waals surface area contributed by atoms with Crippen LogP contribution in [-0.2, 0) is 6.54 Å².